The Morgan fingerprint density at radius 1 is 1.41 bits per heavy atom. The second-order valence-electron chi connectivity index (χ2n) is 4.68. The molecule has 1 fully saturated rings. The van der Waals surface area contributed by atoms with Crippen LogP contribution >= 0.6 is 0 Å². The van der Waals surface area contributed by atoms with Crippen LogP contribution in [0.2, 0.25) is 0 Å². The number of carboxylic acid groups (broad SMARTS) is 1. The number of hydrogen-bond donors (Lipinski definition) is 1. The van der Waals surface area contributed by atoms with Crippen molar-refractivity contribution in [1.82, 2.24) is 15.1 Å². The molecule has 6 nitrogen and oxygen atoms in total. The van der Waals surface area contributed by atoms with Crippen molar-refractivity contribution in [3.8, 4) is 0 Å². The van der Waals surface area contributed by atoms with Crippen molar-refractivity contribution in [2.75, 3.05) is 13.1 Å². The Morgan fingerprint density at radius 3 is 2.53 bits per heavy atom. The predicted molar refractivity (Wildman–Crippen MR) is 60.0 cm³/mol. The van der Waals surface area contributed by atoms with Gasteiger partial charge in [0, 0.05) is 24.9 Å². The van der Waals surface area contributed by atoms with E-state index < -0.39 is 6.09 Å². The Bertz CT molecular complexity index is 394. The van der Waals surface area contributed by atoms with Crippen LogP contribution in [0.25, 0.3) is 0 Å². The maximum Gasteiger partial charge on any atom is 0.407 e. The highest BCUT2D eigenvalue weighted by Gasteiger charge is 2.27. The Balaban J connectivity index is 1.98. The minimum Gasteiger partial charge on any atom is -0.465 e. The normalized spacial score (nSPS) is 17.7. The number of aromatic nitrogens is 2. The summed E-state index contributed by atoms with van der Waals surface area (Å²) in [6.07, 6.45) is 0.662. The summed E-state index contributed by atoms with van der Waals surface area (Å²) in [6.45, 7) is 5.09. The van der Waals surface area contributed by atoms with E-state index >= 15 is 0 Å². The first kappa shape index (κ1) is 11.9. The third-order valence-corrected chi connectivity index (χ3v) is 3.06. The fraction of sp³-hybridized carbons (Fsp3) is 0.727. The number of carbonyl (C=O) groups is 1. The van der Waals surface area contributed by atoms with Crippen molar-refractivity contribution in [3.05, 3.63) is 11.8 Å². The number of nitrogens with zero attached hydrogens (tertiary/aromatic N) is 3. The molecule has 0 aromatic carbocycles. The molecule has 17 heavy (non-hydrogen) atoms. The largest absolute Gasteiger partial charge is 0.465 e. The molecule has 0 atom stereocenters. The molecule has 0 saturated carbocycles. The molecule has 2 rings (SSSR count). The maximum atomic E-state index is 10.8. The molecular formula is C11H17N3O3. The molecule has 1 aliphatic rings. The summed E-state index contributed by atoms with van der Waals surface area (Å²) in [7, 11) is 0. The van der Waals surface area contributed by atoms with Crippen molar-refractivity contribution < 1.29 is 14.3 Å². The van der Waals surface area contributed by atoms with Gasteiger partial charge in [-0.15, -0.1) is 10.2 Å². The van der Waals surface area contributed by atoms with Gasteiger partial charge in [0.25, 0.3) is 0 Å². The Labute approximate surface area is 99.6 Å². The van der Waals surface area contributed by atoms with Gasteiger partial charge in [-0.1, -0.05) is 13.8 Å². The summed E-state index contributed by atoms with van der Waals surface area (Å²) in [6, 6.07) is 0. The van der Waals surface area contributed by atoms with Crippen LogP contribution in [0.1, 0.15) is 50.3 Å². The second-order valence-corrected chi connectivity index (χ2v) is 4.68. The Morgan fingerprint density at radius 2 is 2.06 bits per heavy atom. The average molecular weight is 239 g/mol. The van der Waals surface area contributed by atoms with E-state index in [1.165, 1.54) is 4.90 Å². The van der Waals surface area contributed by atoms with Gasteiger partial charge in [0.15, 0.2) is 0 Å². The average Bonchev–Trinajstić information content (AvgIpc) is 2.78. The molecule has 1 amide bonds. The van der Waals surface area contributed by atoms with Crippen LogP contribution in [0, 0.1) is 0 Å². The first-order valence-electron chi connectivity index (χ1n) is 5.89. The molecule has 1 aromatic rings. The van der Waals surface area contributed by atoms with Crippen LogP contribution < -0.4 is 0 Å². The van der Waals surface area contributed by atoms with Crippen molar-refractivity contribution in [3.63, 3.8) is 0 Å². The van der Waals surface area contributed by atoms with Crippen LogP contribution in [0.3, 0.4) is 0 Å². The molecule has 6 heteroatoms. The quantitative estimate of drug-likeness (QED) is 0.854. The summed E-state index contributed by atoms with van der Waals surface area (Å²) in [4.78, 5) is 12.2. The fourth-order valence-corrected chi connectivity index (χ4v) is 1.96. The van der Waals surface area contributed by atoms with Crippen molar-refractivity contribution in [2.24, 2.45) is 0 Å². The van der Waals surface area contributed by atoms with Gasteiger partial charge >= 0.3 is 6.09 Å². The van der Waals surface area contributed by atoms with E-state index in [0.29, 0.717) is 24.9 Å². The monoisotopic (exact) mass is 239 g/mol. The molecule has 1 saturated heterocycles. The Hall–Kier alpha value is -1.59. The summed E-state index contributed by atoms with van der Waals surface area (Å²) in [5.74, 6) is 1.74. The zero-order valence-corrected chi connectivity index (χ0v) is 10.1. The van der Waals surface area contributed by atoms with Gasteiger partial charge in [0.05, 0.1) is 0 Å². The highest BCUT2D eigenvalue weighted by molar-refractivity contribution is 5.65. The SMILES string of the molecule is CC(C)c1nnc(C2CCN(C(=O)O)CC2)o1. The van der Waals surface area contributed by atoms with E-state index in [2.05, 4.69) is 10.2 Å². The maximum absolute atomic E-state index is 10.8. The van der Waals surface area contributed by atoms with E-state index in [1.54, 1.807) is 0 Å². The van der Waals surface area contributed by atoms with Crippen LogP contribution in [0.4, 0.5) is 4.79 Å². The minimum absolute atomic E-state index is 0.200. The number of piperidine rings is 1. The topological polar surface area (TPSA) is 79.5 Å². The molecule has 2 heterocycles. The van der Waals surface area contributed by atoms with Gasteiger partial charge in [-0.2, -0.15) is 0 Å². The van der Waals surface area contributed by atoms with E-state index in [0.717, 1.165) is 12.8 Å². The van der Waals surface area contributed by atoms with E-state index in [1.807, 2.05) is 13.8 Å². The first-order chi connectivity index (χ1) is 8.08. The first-order valence-corrected chi connectivity index (χ1v) is 5.89. The van der Waals surface area contributed by atoms with Crippen LogP contribution in [-0.4, -0.2) is 39.4 Å². The molecule has 0 radical (unpaired) electrons. The number of rotatable bonds is 2. The van der Waals surface area contributed by atoms with Crippen LogP contribution in [0.5, 0.6) is 0 Å². The van der Waals surface area contributed by atoms with Crippen molar-refractivity contribution in [2.45, 2.75) is 38.5 Å². The lowest BCUT2D eigenvalue weighted by Crippen LogP contribution is -2.36. The number of likely N-dealkylation sites (tertiary alicyclic amines) is 1. The number of amides is 1. The molecule has 94 valence electrons. The third-order valence-electron chi connectivity index (χ3n) is 3.06. The molecule has 0 bridgehead atoms. The second kappa shape index (κ2) is 4.73. The predicted octanol–water partition coefficient (Wildman–Crippen LogP) is 2.05. The highest BCUT2D eigenvalue weighted by Crippen LogP contribution is 2.28. The molecule has 0 unspecified atom stereocenters. The summed E-state index contributed by atoms with van der Waals surface area (Å²) in [5, 5.41) is 16.9. The summed E-state index contributed by atoms with van der Waals surface area (Å²) < 4.78 is 5.59. The van der Waals surface area contributed by atoms with Crippen molar-refractivity contribution >= 4 is 6.09 Å². The van der Waals surface area contributed by atoms with Gasteiger partial charge in [-0.3, -0.25) is 0 Å². The summed E-state index contributed by atoms with van der Waals surface area (Å²) >= 11 is 0. The van der Waals surface area contributed by atoms with Crippen molar-refractivity contribution in [1.29, 1.82) is 0 Å². The molecule has 0 aliphatic carbocycles. The third kappa shape index (κ3) is 2.57. The molecule has 1 aliphatic heterocycles. The summed E-state index contributed by atoms with van der Waals surface area (Å²) in [5.41, 5.74) is 0. The van der Waals surface area contributed by atoms with Gasteiger partial charge in [0.1, 0.15) is 0 Å². The molecule has 0 spiro atoms. The van der Waals surface area contributed by atoms with E-state index in [4.69, 9.17) is 9.52 Å². The zero-order valence-electron chi connectivity index (χ0n) is 10.1. The van der Waals surface area contributed by atoms with Crippen LogP contribution in [0.15, 0.2) is 4.42 Å². The molecule has 1 N–H and O–H groups in total. The lowest BCUT2D eigenvalue weighted by molar-refractivity contribution is 0.129. The molecule has 1 aromatic heterocycles. The zero-order chi connectivity index (χ0) is 12.4. The van der Waals surface area contributed by atoms with Gasteiger partial charge < -0.3 is 14.4 Å². The smallest absolute Gasteiger partial charge is 0.407 e. The van der Waals surface area contributed by atoms with E-state index in [9.17, 15) is 4.79 Å². The van der Waals surface area contributed by atoms with Crippen LogP contribution in [-0.2, 0) is 0 Å². The standard InChI is InChI=1S/C11H17N3O3/c1-7(2)9-12-13-10(17-9)8-3-5-14(6-4-8)11(15)16/h7-8H,3-6H2,1-2H3,(H,15,16). The Kier molecular flexibility index (Phi) is 3.31. The minimum atomic E-state index is -0.850. The van der Waals surface area contributed by atoms with E-state index in [-0.39, 0.29) is 11.8 Å². The highest BCUT2D eigenvalue weighted by atomic mass is 16.4. The number of hydrogen-bond acceptors (Lipinski definition) is 4. The lowest BCUT2D eigenvalue weighted by Gasteiger charge is -2.27. The molecular weight excluding hydrogens is 222 g/mol. The van der Waals surface area contributed by atoms with Gasteiger partial charge in [-0.25, -0.2) is 4.79 Å². The van der Waals surface area contributed by atoms with Gasteiger partial charge in [0.2, 0.25) is 11.8 Å². The lowest BCUT2D eigenvalue weighted by atomic mass is 9.97. The van der Waals surface area contributed by atoms with Gasteiger partial charge in [-0.05, 0) is 12.8 Å². The fourth-order valence-electron chi connectivity index (χ4n) is 1.96.